The van der Waals surface area contributed by atoms with Gasteiger partial charge in [-0.25, -0.2) is 22.3 Å². The second-order valence-corrected chi connectivity index (χ2v) is 7.46. The van der Waals surface area contributed by atoms with E-state index in [1.165, 1.54) is 9.95 Å². The topological polar surface area (TPSA) is 95.1 Å². The summed E-state index contributed by atoms with van der Waals surface area (Å²) in [5.41, 5.74) is 1.22. The number of nitrogens with zero attached hydrogens (tertiary/aromatic N) is 2. The zero-order chi connectivity index (χ0) is 18.4. The highest BCUT2D eigenvalue weighted by atomic mass is 32.2. The number of halogens is 2. The zero-order valence-corrected chi connectivity index (χ0v) is 14.4. The molecular weight excluding hydrogens is 372 g/mol. The molecule has 0 saturated heterocycles. The third kappa shape index (κ3) is 3.11. The molecule has 3 aromatic rings. The summed E-state index contributed by atoms with van der Waals surface area (Å²) in [4.78, 5) is 14.7. The van der Waals surface area contributed by atoms with Gasteiger partial charge in [0, 0.05) is 17.1 Å². The number of primary sulfonamides is 1. The lowest BCUT2D eigenvalue weighted by Crippen LogP contribution is -2.17. The van der Waals surface area contributed by atoms with Crippen LogP contribution in [0.5, 0.6) is 0 Å². The van der Waals surface area contributed by atoms with Crippen LogP contribution >= 0.6 is 11.3 Å². The number of hydrogen-bond acceptors (Lipinski definition) is 5. The number of sulfonamides is 1. The van der Waals surface area contributed by atoms with Crippen molar-refractivity contribution >= 4 is 21.4 Å². The van der Waals surface area contributed by atoms with Gasteiger partial charge < -0.3 is 0 Å². The van der Waals surface area contributed by atoms with E-state index >= 15 is 0 Å². The molecule has 10 heteroatoms. The molecule has 2 N–H and O–H groups in total. The molecule has 0 aliphatic heterocycles. The lowest BCUT2D eigenvalue weighted by molar-refractivity contribution is 0.520. The summed E-state index contributed by atoms with van der Waals surface area (Å²) in [6.45, 7) is 1.69. The summed E-state index contributed by atoms with van der Waals surface area (Å²) in [5, 5.41) is 6.25. The molecule has 3 rings (SSSR count). The van der Waals surface area contributed by atoms with Crippen molar-refractivity contribution in [2.75, 3.05) is 0 Å². The Morgan fingerprint density at radius 2 is 1.88 bits per heavy atom. The molecule has 0 spiro atoms. The predicted molar refractivity (Wildman–Crippen MR) is 89.2 cm³/mol. The Hall–Kier alpha value is -2.43. The van der Waals surface area contributed by atoms with E-state index in [0.29, 0.717) is 11.4 Å². The summed E-state index contributed by atoms with van der Waals surface area (Å²) >= 11 is 0.843. The monoisotopic (exact) mass is 383 g/mol. The normalized spacial score (nSPS) is 11.7. The van der Waals surface area contributed by atoms with Crippen molar-refractivity contribution in [3.63, 3.8) is 0 Å². The van der Waals surface area contributed by atoms with E-state index in [9.17, 15) is 22.0 Å². The lowest BCUT2D eigenvalue weighted by Gasteiger charge is -2.11. The molecule has 0 amide bonds. The first-order valence-corrected chi connectivity index (χ1v) is 9.27. The molecule has 0 aliphatic rings. The average Bonchev–Trinajstić information content (AvgIpc) is 2.87. The second-order valence-electron chi connectivity index (χ2n) is 5.14. The molecule has 0 unspecified atom stereocenters. The first kappa shape index (κ1) is 17.4. The molecule has 0 saturated carbocycles. The average molecular weight is 383 g/mol. The van der Waals surface area contributed by atoms with Crippen LogP contribution in [0.3, 0.4) is 0 Å². The van der Waals surface area contributed by atoms with Gasteiger partial charge in [0.25, 0.3) is 0 Å². The number of rotatable bonds is 3. The Labute approximate surface area is 145 Å². The van der Waals surface area contributed by atoms with Gasteiger partial charge in [-0.1, -0.05) is 11.3 Å². The summed E-state index contributed by atoms with van der Waals surface area (Å²) in [7, 11) is -4.55. The molecule has 0 bridgehead atoms. The van der Waals surface area contributed by atoms with Crippen LogP contribution < -0.4 is 10.0 Å². The fraction of sp³-hybridized carbons (Fsp3) is 0.0667. The van der Waals surface area contributed by atoms with Gasteiger partial charge in [0.1, 0.15) is 11.6 Å². The van der Waals surface area contributed by atoms with Gasteiger partial charge in [-0.2, -0.15) is 0 Å². The van der Waals surface area contributed by atoms with E-state index in [0.717, 1.165) is 23.5 Å². The number of aromatic nitrogens is 2. The van der Waals surface area contributed by atoms with Crippen LogP contribution in [0, 0.1) is 18.6 Å². The summed E-state index contributed by atoms with van der Waals surface area (Å²) < 4.78 is 52.1. The van der Waals surface area contributed by atoms with Gasteiger partial charge in [0.15, 0.2) is 4.90 Å². The minimum absolute atomic E-state index is 0.00371. The fourth-order valence-corrected chi connectivity index (χ4v) is 3.84. The van der Waals surface area contributed by atoms with Crippen molar-refractivity contribution in [3.05, 3.63) is 62.8 Å². The van der Waals surface area contributed by atoms with Crippen molar-refractivity contribution in [2.45, 2.75) is 11.8 Å². The third-order valence-corrected chi connectivity index (χ3v) is 5.18. The molecule has 2 aromatic heterocycles. The van der Waals surface area contributed by atoms with Crippen LogP contribution in [0.1, 0.15) is 5.69 Å². The summed E-state index contributed by atoms with van der Waals surface area (Å²) in [6.07, 6.45) is 1.55. The van der Waals surface area contributed by atoms with Crippen LogP contribution in [0.15, 0.2) is 45.5 Å². The maximum Gasteiger partial charge on any atom is 0.312 e. The van der Waals surface area contributed by atoms with Crippen LogP contribution in [-0.4, -0.2) is 18.0 Å². The van der Waals surface area contributed by atoms with E-state index in [-0.39, 0.29) is 16.1 Å². The predicted octanol–water partition coefficient (Wildman–Crippen LogP) is 2.20. The molecule has 2 heterocycles. The standard InChI is InChI=1S/C15H11F2N3O3S2/c1-8-12(3-2-4-19-8)20-13(7-24-15(20)21)9-5-10(16)14(11(17)6-9)25(18,22)23/h2-7H,1H3,(H2,18,22,23). The molecule has 25 heavy (non-hydrogen) atoms. The van der Waals surface area contributed by atoms with E-state index in [4.69, 9.17) is 5.14 Å². The highest BCUT2D eigenvalue weighted by molar-refractivity contribution is 7.89. The minimum Gasteiger partial charge on any atom is -0.265 e. The van der Waals surface area contributed by atoms with Crippen molar-refractivity contribution in [2.24, 2.45) is 5.14 Å². The van der Waals surface area contributed by atoms with Crippen LogP contribution in [0.4, 0.5) is 8.78 Å². The molecule has 0 fully saturated rings. The second kappa shape index (κ2) is 6.14. The van der Waals surface area contributed by atoms with Gasteiger partial charge in [0.2, 0.25) is 10.0 Å². The first-order valence-electron chi connectivity index (χ1n) is 6.85. The van der Waals surface area contributed by atoms with Gasteiger partial charge >= 0.3 is 4.87 Å². The highest BCUT2D eigenvalue weighted by Crippen LogP contribution is 2.29. The van der Waals surface area contributed by atoms with E-state index in [1.807, 2.05) is 0 Å². The van der Waals surface area contributed by atoms with Crippen molar-refractivity contribution in [1.82, 2.24) is 9.55 Å². The highest BCUT2D eigenvalue weighted by Gasteiger charge is 2.23. The van der Waals surface area contributed by atoms with Gasteiger partial charge in [-0.05, 0) is 31.2 Å². The quantitative estimate of drug-likeness (QED) is 0.750. The smallest absolute Gasteiger partial charge is 0.265 e. The first-order chi connectivity index (χ1) is 11.7. The van der Waals surface area contributed by atoms with E-state index in [2.05, 4.69) is 4.98 Å². The Morgan fingerprint density at radius 1 is 1.24 bits per heavy atom. The number of aryl methyl sites for hydroxylation is 1. The number of benzene rings is 1. The molecule has 1 aromatic carbocycles. The van der Waals surface area contributed by atoms with E-state index in [1.54, 1.807) is 25.3 Å². The molecule has 6 nitrogen and oxygen atoms in total. The summed E-state index contributed by atoms with van der Waals surface area (Å²) in [5.74, 6) is -2.66. The largest absolute Gasteiger partial charge is 0.312 e. The number of hydrogen-bond donors (Lipinski definition) is 1. The van der Waals surface area contributed by atoms with Crippen LogP contribution in [0.25, 0.3) is 16.9 Å². The van der Waals surface area contributed by atoms with E-state index < -0.39 is 26.6 Å². The maximum absolute atomic E-state index is 14.1. The fourth-order valence-electron chi connectivity index (χ4n) is 2.43. The third-order valence-electron chi connectivity index (χ3n) is 3.49. The number of thiazole rings is 1. The summed E-state index contributed by atoms with van der Waals surface area (Å²) in [6, 6.07) is 4.92. The lowest BCUT2D eigenvalue weighted by atomic mass is 10.1. The van der Waals surface area contributed by atoms with Crippen LogP contribution in [0.2, 0.25) is 0 Å². The SMILES string of the molecule is Cc1ncccc1-n1c(-c2cc(F)c(S(N)(=O)=O)c(F)c2)csc1=O. The molecule has 130 valence electrons. The molecule has 0 aliphatic carbocycles. The van der Waals surface area contributed by atoms with Crippen LogP contribution in [-0.2, 0) is 10.0 Å². The molecule has 0 atom stereocenters. The Kier molecular flexibility index (Phi) is 4.27. The minimum atomic E-state index is -4.55. The Balaban J connectivity index is 2.27. The van der Waals surface area contributed by atoms with Crippen molar-refractivity contribution < 1.29 is 17.2 Å². The number of nitrogens with two attached hydrogens (primary N) is 1. The van der Waals surface area contributed by atoms with Gasteiger partial charge in [-0.15, -0.1) is 0 Å². The Morgan fingerprint density at radius 3 is 2.44 bits per heavy atom. The van der Waals surface area contributed by atoms with Gasteiger partial charge in [-0.3, -0.25) is 14.3 Å². The molecular formula is C15H11F2N3O3S2. The van der Waals surface area contributed by atoms with Crippen molar-refractivity contribution in [3.8, 4) is 16.9 Å². The zero-order valence-electron chi connectivity index (χ0n) is 12.7. The molecule has 0 radical (unpaired) electrons. The Bertz CT molecular complexity index is 1110. The maximum atomic E-state index is 14.1. The van der Waals surface area contributed by atoms with Crippen molar-refractivity contribution in [1.29, 1.82) is 0 Å². The number of pyridine rings is 1. The van der Waals surface area contributed by atoms with Gasteiger partial charge in [0.05, 0.1) is 17.1 Å².